The van der Waals surface area contributed by atoms with Crippen LogP contribution in [0.2, 0.25) is 0 Å². The van der Waals surface area contributed by atoms with E-state index < -0.39 is 11.2 Å². The lowest BCUT2D eigenvalue weighted by Gasteiger charge is -2.26. The Balaban J connectivity index is 2.15. The monoisotopic (exact) mass is 266 g/mol. The first kappa shape index (κ1) is 13.1. The molecule has 1 saturated heterocycles. The maximum absolute atomic E-state index is 12.0. The van der Waals surface area contributed by atoms with Gasteiger partial charge in [0, 0.05) is 24.8 Å². The van der Waals surface area contributed by atoms with E-state index in [1.807, 2.05) is 0 Å². The molecule has 0 atom stereocenters. The summed E-state index contributed by atoms with van der Waals surface area (Å²) >= 11 is 0. The fourth-order valence-electron chi connectivity index (χ4n) is 1.83. The van der Waals surface area contributed by atoms with E-state index in [1.165, 1.54) is 11.1 Å². The van der Waals surface area contributed by atoms with Crippen LogP contribution in [-0.2, 0) is 16.1 Å². The number of rotatable bonds is 2. The Hall–Kier alpha value is -2.38. The summed E-state index contributed by atoms with van der Waals surface area (Å²) in [6.07, 6.45) is 1.34. The van der Waals surface area contributed by atoms with Gasteiger partial charge in [0.05, 0.1) is 6.54 Å². The van der Waals surface area contributed by atoms with E-state index in [2.05, 4.69) is 10.3 Å². The minimum absolute atomic E-state index is 0.00405. The van der Waals surface area contributed by atoms with Gasteiger partial charge in [-0.1, -0.05) is 0 Å². The summed E-state index contributed by atoms with van der Waals surface area (Å²) in [5.41, 5.74) is -0.750. The molecule has 8 nitrogen and oxygen atoms in total. The third-order valence-corrected chi connectivity index (χ3v) is 2.89. The number of hydrogen-bond acceptors (Lipinski definition) is 4. The van der Waals surface area contributed by atoms with Gasteiger partial charge in [0.15, 0.2) is 0 Å². The molecular weight excluding hydrogens is 252 g/mol. The van der Waals surface area contributed by atoms with Gasteiger partial charge in [-0.05, 0) is 6.92 Å². The Labute approximate surface area is 108 Å². The zero-order chi connectivity index (χ0) is 14.0. The maximum atomic E-state index is 12.0. The highest BCUT2D eigenvalue weighted by molar-refractivity contribution is 5.85. The van der Waals surface area contributed by atoms with Crippen LogP contribution in [0.25, 0.3) is 0 Å². The molecule has 19 heavy (non-hydrogen) atoms. The zero-order valence-corrected chi connectivity index (χ0v) is 10.4. The summed E-state index contributed by atoms with van der Waals surface area (Å²) in [5, 5.41) is 2.61. The van der Waals surface area contributed by atoms with E-state index in [1.54, 1.807) is 6.92 Å². The summed E-state index contributed by atoms with van der Waals surface area (Å²) in [6, 6.07) is 0. The number of aryl methyl sites for hydroxylation is 1. The van der Waals surface area contributed by atoms with Crippen molar-refractivity contribution >= 4 is 11.8 Å². The van der Waals surface area contributed by atoms with Crippen LogP contribution < -0.4 is 16.6 Å². The smallest absolute Gasteiger partial charge is 0.328 e. The minimum atomic E-state index is -0.634. The Morgan fingerprint density at radius 2 is 2.11 bits per heavy atom. The number of aromatic amines is 1. The van der Waals surface area contributed by atoms with Gasteiger partial charge in [0.1, 0.15) is 6.54 Å². The van der Waals surface area contributed by atoms with Gasteiger partial charge in [-0.15, -0.1) is 0 Å². The first-order valence-electron chi connectivity index (χ1n) is 5.82. The summed E-state index contributed by atoms with van der Waals surface area (Å²) in [5.74, 6) is -0.548. The summed E-state index contributed by atoms with van der Waals surface area (Å²) in [6.45, 7) is 2.18. The number of carbonyl (C=O) groups is 2. The molecule has 1 aliphatic heterocycles. The molecule has 2 amide bonds. The van der Waals surface area contributed by atoms with Crippen molar-refractivity contribution in [1.82, 2.24) is 19.8 Å². The quantitative estimate of drug-likeness (QED) is 0.634. The highest BCUT2D eigenvalue weighted by atomic mass is 16.2. The molecule has 2 rings (SSSR count). The molecule has 0 bridgehead atoms. The van der Waals surface area contributed by atoms with Crippen molar-refractivity contribution in [3.8, 4) is 0 Å². The second-order valence-electron chi connectivity index (χ2n) is 4.36. The number of H-pyrrole nitrogens is 1. The number of aromatic nitrogens is 2. The van der Waals surface area contributed by atoms with Crippen molar-refractivity contribution in [2.24, 2.45) is 0 Å². The van der Waals surface area contributed by atoms with Crippen LogP contribution in [0, 0.1) is 6.92 Å². The summed E-state index contributed by atoms with van der Waals surface area (Å²) in [7, 11) is 0. The molecule has 2 N–H and O–H groups in total. The van der Waals surface area contributed by atoms with Crippen molar-refractivity contribution in [3.63, 3.8) is 0 Å². The molecule has 1 aromatic rings. The van der Waals surface area contributed by atoms with Crippen LogP contribution >= 0.6 is 0 Å². The average Bonchev–Trinajstić information content (AvgIpc) is 2.36. The van der Waals surface area contributed by atoms with Crippen LogP contribution in [0.3, 0.4) is 0 Å². The molecule has 0 saturated carbocycles. The first-order valence-corrected chi connectivity index (χ1v) is 5.82. The van der Waals surface area contributed by atoms with Crippen molar-refractivity contribution in [2.75, 3.05) is 19.6 Å². The van der Waals surface area contributed by atoms with Gasteiger partial charge in [0.25, 0.3) is 5.56 Å². The van der Waals surface area contributed by atoms with Crippen LogP contribution in [0.1, 0.15) is 5.56 Å². The van der Waals surface area contributed by atoms with E-state index in [9.17, 15) is 19.2 Å². The van der Waals surface area contributed by atoms with E-state index in [0.29, 0.717) is 18.7 Å². The minimum Gasteiger partial charge on any atom is -0.353 e. The molecule has 8 heteroatoms. The van der Waals surface area contributed by atoms with Crippen LogP contribution in [0.5, 0.6) is 0 Å². The van der Waals surface area contributed by atoms with E-state index in [4.69, 9.17) is 0 Å². The lowest BCUT2D eigenvalue weighted by molar-refractivity contribution is -0.138. The molecule has 2 heterocycles. The van der Waals surface area contributed by atoms with Gasteiger partial charge in [-0.25, -0.2) is 4.79 Å². The third-order valence-electron chi connectivity index (χ3n) is 2.89. The summed E-state index contributed by atoms with van der Waals surface area (Å²) in [4.78, 5) is 49.4. The second kappa shape index (κ2) is 5.09. The zero-order valence-electron chi connectivity index (χ0n) is 10.4. The average molecular weight is 266 g/mol. The standard InChI is InChI=1S/C11H14N4O4/c1-7-4-15(11(19)13-10(7)18)6-9(17)14-3-2-12-8(16)5-14/h4H,2-3,5-6H2,1H3,(H,12,16)(H,13,18,19). The molecule has 1 fully saturated rings. The van der Waals surface area contributed by atoms with Gasteiger partial charge in [-0.3, -0.25) is 23.9 Å². The highest BCUT2D eigenvalue weighted by Crippen LogP contribution is 1.96. The lowest BCUT2D eigenvalue weighted by Crippen LogP contribution is -2.51. The highest BCUT2D eigenvalue weighted by Gasteiger charge is 2.21. The van der Waals surface area contributed by atoms with E-state index in [-0.39, 0.29) is 24.9 Å². The predicted molar refractivity (Wildman–Crippen MR) is 65.6 cm³/mol. The number of amides is 2. The van der Waals surface area contributed by atoms with Gasteiger partial charge >= 0.3 is 5.69 Å². The fourth-order valence-corrected chi connectivity index (χ4v) is 1.83. The van der Waals surface area contributed by atoms with Gasteiger partial charge < -0.3 is 10.2 Å². The molecule has 0 unspecified atom stereocenters. The predicted octanol–water partition coefficient (Wildman–Crippen LogP) is -2.20. The fraction of sp³-hybridized carbons (Fsp3) is 0.455. The topological polar surface area (TPSA) is 104 Å². The number of nitrogens with one attached hydrogen (secondary N) is 2. The Bertz CT molecular complexity index is 630. The Morgan fingerprint density at radius 1 is 1.37 bits per heavy atom. The molecule has 0 spiro atoms. The molecule has 0 radical (unpaired) electrons. The van der Waals surface area contributed by atoms with Gasteiger partial charge in [-0.2, -0.15) is 0 Å². The van der Waals surface area contributed by atoms with Crippen molar-refractivity contribution in [1.29, 1.82) is 0 Å². The summed E-state index contributed by atoms with van der Waals surface area (Å²) < 4.78 is 1.13. The number of carbonyl (C=O) groups excluding carboxylic acids is 2. The van der Waals surface area contributed by atoms with Crippen molar-refractivity contribution < 1.29 is 9.59 Å². The van der Waals surface area contributed by atoms with Crippen LogP contribution in [0.4, 0.5) is 0 Å². The van der Waals surface area contributed by atoms with Crippen molar-refractivity contribution in [2.45, 2.75) is 13.5 Å². The SMILES string of the molecule is Cc1cn(CC(=O)N2CCNC(=O)C2)c(=O)[nH]c1=O. The van der Waals surface area contributed by atoms with Crippen LogP contribution in [0.15, 0.2) is 15.8 Å². The van der Waals surface area contributed by atoms with Crippen molar-refractivity contribution in [3.05, 3.63) is 32.6 Å². The third kappa shape index (κ3) is 2.90. The van der Waals surface area contributed by atoms with Gasteiger partial charge in [0.2, 0.25) is 11.8 Å². The van der Waals surface area contributed by atoms with E-state index >= 15 is 0 Å². The molecule has 0 aromatic carbocycles. The molecular formula is C11H14N4O4. The normalized spacial score (nSPS) is 15.2. The molecule has 102 valence electrons. The number of piperazine rings is 1. The molecule has 1 aromatic heterocycles. The van der Waals surface area contributed by atoms with Crippen LogP contribution in [-0.4, -0.2) is 45.9 Å². The maximum Gasteiger partial charge on any atom is 0.328 e. The molecule has 1 aliphatic rings. The lowest BCUT2D eigenvalue weighted by atomic mass is 10.3. The first-order chi connectivity index (χ1) is 8.97. The van der Waals surface area contributed by atoms with E-state index in [0.717, 1.165) is 4.57 Å². The number of hydrogen-bond donors (Lipinski definition) is 2. The largest absolute Gasteiger partial charge is 0.353 e. The molecule has 0 aliphatic carbocycles. The number of nitrogens with zero attached hydrogens (tertiary/aromatic N) is 2. The Morgan fingerprint density at radius 3 is 2.79 bits per heavy atom. The Kier molecular flexibility index (Phi) is 3.50. The second-order valence-corrected chi connectivity index (χ2v) is 4.36.